The summed E-state index contributed by atoms with van der Waals surface area (Å²) in [6.45, 7) is 2.46. The first-order chi connectivity index (χ1) is 11.7. The van der Waals surface area contributed by atoms with Crippen LogP contribution in [0.3, 0.4) is 0 Å². The van der Waals surface area contributed by atoms with Crippen molar-refractivity contribution in [1.82, 2.24) is 4.98 Å². The van der Waals surface area contributed by atoms with Gasteiger partial charge in [0.2, 0.25) is 5.89 Å². The van der Waals surface area contributed by atoms with Crippen LogP contribution in [-0.4, -0.2) is 24.2 Å². The number of ether oxygens (including phenoxy) is 2. The van der Waals surface area contributed by atoms with E-state index in [0.29, 0.717) is 18.1 Å². The molecule has 3 aromatic rings. The first kappa shape index (κ1) is 15.8. The molecule has 5 nitrogen and oxygen atoms in total. The van der Waals surface area contributed by atoms with E-state index < -0.39 is 5.97 Å². The van der Waals surface area contributed by atoms with Gasteiger partial charge in [-0.25, -0.2) is 9.78 Å². The zero-order chi connectivity index (χ0) is 16.8. The summed E-state index contributed by atoms with van der Waals surface area (Å²) in [5.74, 6) is 0.655. The van der Waals surface area contributed by atoms with Crippen molar-refractivity contribution in [2.24, 2.45) is 0 Å². The highest BCUT2D eigenvalue weighted by molar-refractivity contribution is 5.86. The number of fused-ring (bicyclic) bond motifs is 1. The number of oxazole rings is 1. The Labute approximate surface area is 139 Å². The highest BCUT2D eigenvalue weighted by atomic mass is 16.6. The van der Waals surface area contributed by atoms with E-state index in [1.54, 1.807) is 0 Å². The molecule has 0 bridgehead atoms. The number of hydrogen-bond donors (Lipinski definition) is 0. The second-order valence-corrected chi connectivity index (χ2v) is 5.19. The van der Waals surface area contributed by atoms with E-state index in [1.165, 1.54) is 12.2 Å². The molecule has 0 saturated carbocycles. The van der Waals surface area contributed by atoms with Gasteiger partial charge >= 0.3 is 5.97 Å². The fourth-order valence-corrected chi connectivity index (χ4v) is 2.16. The summed E-state index contributed by atoms with van der Waals surface area (Å²) in [6.07, 6.45) is 2.78. The van der Waals surface area contributed by atoms with Crippen LogP contribution >= 0.6 is 0 Å². The molecular formula is C19H17NO4. The average Bonchev–Trinajstić information content (AvgIpc) is 3.00. The van der Waals surface area contributed by atoms with Crippen molar-refractivity contribution in [3.8, 4) is 5.75 Å². The molecule has 24 heavy (non-hydrogen) atoms. The third kappa shape index (κ3) is 4.23. The first-order valence-corrected chi connectivity index (χ1v) is 7.60. The highest BCUT2D eigenvalue weighted by Gasteiger charge is 2.03. The number of aromatic nitrogens is 1. The summed E-state index contributed by atoms with van der Waals surface area (Å²) in [5.41, 5.74) is 2.54. The van der Waals surface area contributed by atoms with Gasteiger partial charge in [0.15, 0.2) is 5.58 Å². The third-order valence-electron chi connectivity index (χ3n) is 3.26. The summed E-state index contributed by atoms with van der Waals surface area (Å²) >= 11 is 0. The van der Waals surface area contributed by atoms with Crippen molar-refractivity contribution >= 4 is 23.1 Å². The SMILES string of the molecule is Cc1cccc(OCCOC(=O)/C=C/c2nc3ccccc3o2)c1. The van der Waals surface area contributed by atoms with Gasteiger partial charge in [0.05, 0.1) is 0 Å². The van der Waals surface area contributed by atoms with Crippen LogP contribution in [0, 0.1) is 6.92 Å². The Kier molecular flexibility index (Phi) is 4.91. The maximum Gasteiger partial charge on any atom is 0.331 e. The van der Waals surface area contributed by atoms with Gasteiger partial charge < -0.3 is 13.9 Å². The predicted molar refractivity (Wildman–Crippen MR) is 90.7 cm³/mol. The molecule has 0 aliphatic heterocycles. The number of para-hydroxylation sites is 2. The molecule has 0 unspecified atom stereocenters. The van der Waals surface area contributed by atoms with E-state index in [1.807, 2.05) is 55.5 Å². The fourth-order valence-electron chi connectivity index (χ4n) is 2.16. The molecule has 122 valence electrons. The van der Waals surface area contributed by atoms with Crippen molar-refractivity contribution in [2.45, 2.75) is 6.92 Å². The minimum absolute atomic E-state index is 0.171. The van der Waals surface area contributed by atoms with Crippen molar-refractivity contribution in [3.63, 3.8) is 0 Å². The van der Waals surface area contributed by atoms with Crippen molar-refractivity contribution < 1.29 is 18.7 Å². The van der Waals surface area contributed by atoms with E-state index >= 15 is 0 Å². The molecule has 0 amide bonds. The molecule has 0 fully saturated rings. The second-order valence-electron chi connectivity index (χ2n) is 5.19. The molecule has 0 atom stereocenters. The Balaban J connectivity index is 1.45. The summed E-state index contributed by atoms with van der Waals surface area (Å²) < 4.78 is 16.1. The van der Waals surface area contributed by atoms with E-state index in [2.05, 4.69) is 4.98 Å². The number of hydrogen-bond acceptors (Lipinski definition) is 5. The topological polar surface area (TPSA) is 61.6 Å². The number of esters is 1. The Morgan fingerprint density at radius 1 is 1.17 bits per heavy atom. The molecule has 1 heterocycles. The lowest BCUT2D eigenvalue weighted by atomic mass is 10.2. The fraction of sp³-hybridized carbons (Fsp3) is 0.158. The predicted octanol–water partition coefficient (Wildman–Crippen LogP) is 3.77. The number of rotatable bonds is 6. The lowest BCUT2D eigenvalue weighted by molar-refractivity contribution is -0.138. The monoisotopic (exact) mass is 323 g/mol. The quantitative estimate of drug-likeness (QED) is 0.392. The van der Waals surface area contributed by atoms with Gasteiger partial charge in [-0.15, -0.1) is 0 Å². The standard InChI is InChI=1S/C19H17NO4/c1-14-5-4-6-15(13-14)22-11-12-23-19(21)10-9-18-20-16-7-2-3-8-17(16)24-18/h2-10,13H,11-12H2,1H3/b10-9+. The number of nitrogens with zero attached hydrogens (tertiary/aromatic N) is 1. The van der Waals surface area contributed by atoms with E-state index in [4.69, 9.17) is 13.9 Å². The van der Waals surface area contributed by atoms with Gasteiger partial charge in [-0.1, -0.05) is 24.3 Å². The largest absolute Gasteiger partial charge is 0.490 e. The summed E-state index contributed by atoms with van der Waals surface area (Å²) in [5, 5.41) is 0. The Morgan fingerprint density at radius 2 is 2.04 bits per heavy atom. The van der Waals surface area contributed by atoms with Crippen LogP contribution < -0.4 is 4.74 Å². The normalized spacial score (nSPS) is 11.0. The van der Waals surface area contributed by atoms with E-state index in [0.717, 1.165) is 16.8 Å². The average molecular weight is 323 g/mol. The molecule has 1 aromatic heterocycles. The number of aryl methyl sites for hydroxylation is 1. The molecule has 0 aliphatic rings. The van der Waals surface area contributed by atoms with Crippen molar-refractivity contribution in [3.05, 3.63) is 66.1 Å². The first-order valence-electron chi connectivity index (χ1n) is 7.60. The van der Waals surface area contributed by atoms with Gasteiger partial charge in [0.1, 0.15) is 24.5 Å². The lowest BCUT2D eigenvalue weighted by Gasteiger charge is -2.06. The molecule has 3 rings (SSSR count). The molecule has 0 spiro atoms. The Hall–Kier alpha value is -3.08. The maximum absolute atomic E-state index is 11.7. The summed E-state index contributed by atoms with van der Waals surface area (Å²) in [6, 6.07) is 15.1. The van der Waals surface area contributed by atoms with Crippen LogP contribution in [0.4, 0.5) is 0 Å². The number of carbonyl (C=O) groups excluding carboxylic acids is 1. The highest BCUT2D eigenvalue weighted by Crippen LogP contribution is 2.15. The summed E-state index contributed by atoms with van der Waals surface area (Å²) in [4.78, 5) is 15.9. The van der Waals surface area contributed by atoms with Gasteiger partial charge in [-0.3, -0.25) is 0 Å². The molecule has 5 heteroatoms. The molecule has 0 N–H and O–H groups in total. The van der Waals surface area contributed by atoms with Crippen LogP contribution in [-0.2, 0) is 9.53 Å². The lowest BCUT2D eigenvalue weighted by Crippen LogP contribution is -2.10. The van der Waals surface area contributed by atoms with Crippen molar-refractivity contribution in [2.75, 3.05) is 13.2 Å². The van der Waals surface area contributed by atoms with Gasteiger partial charge in [0.25, 0.3) is 0 Å². The molecular weight excluding hydrogens is 306 g/mol. The molecule has 0 radical (unpaired) electrons. The number of carbonyl (C=O) groups is 1. The maximum atomic E-state index is 11.7. The van der Waals surface area contributed by atoms with Crippen LogP contribution in [0.5, 0.6) is 5.75 Å². The number of benzene rings is 2. The third-order valence-corrected chi connectivity index (χ3v) is 3.26. The smallest absolute Gasteiger partial charge is 0.331 e. The van der Waals surface area contributed by atoms with Crippen LogP contribution in [0.15, 0.2) is 59.0 Å². The van der Waals surface area contributed by atoms with Gasteiger partial charge in [-0.05, 0) is 36.8 Å². The molecule has 2 aromatic carbocycles. The minimum atomic E-state index is -0.468. The van der Waals surface area contributed by atoms with E-state index in [-0.39, 0.29) is 6.61 Å². The zero-order valence-corrected chi connectivity index (χ0v) is 13.3. The summed E-state index contributed by atoms with van der Waals surface area (Å²) in [7, 11) is 0. The van der Waals surface area contributed by atoms with Gasteiger partial charge in [-0.2, -0.15) is 0 Å². The Bertz CT molecular complexity index is 833. The van der Waals surface area contributed by atoms with Crippen LogP contribution in [0.1, 0.15) is 11.5 Å². The Morgan fingerprint density at radius 3 is 2.88 bits per heavy atom. The molecule has 0 saturated heterocycles. The molecule has 0 aliphatic carbocycles. The zero-order valence-electron chi connectivity index (χ0n) is 13.3. The van der Waals surface area contributed by atoms with Crippen molar-refractivity contribution in [1.29, 1.82) is 0 Å². The van der Waals surface area contributed by atoms with Gasteiger partial charge in [0, 0.05) is 12.2 Å². The minimum Gasteiger partial charge on any atom is -0.490 e. The second kappa shape index (κ2) is 7.46. The van der Waals surface area contributed by atoms with Crippen LogP contribution in [0.2, 0.25) is 0 Å². The van der Waals surface area contributed by atoms with Crippen LogP contribution in [0.25, 0.3) is 17.2 Å². The van der Waals surface area contributed by atoms with E-state index in [9.17, 15) is 4.79 Å².